The number of benzene rings is 7. The van der Waals surface area contributed by atoms with Crippen LogP contribution in [0.3, 0.4) is 0 Å². The van der Waals surface area contributed by atoms with Crippen molar-refractivity contribution in [1.29, 1.82) is 0 Å². The SMILES string of the molecule is CC1(C)c2cc(-c3cccc(-c4nc(-c5cccc6c5oc5ccccc56)c5ccccc5n4)c3)ccc2-n2c3c1cccc3c1sc3ccccc3c12. The van der Waals surface area contributed by atoms with E-state index in [9.17, 15) is 0 Å². The molecule has 0 saturated heterocycles. The van der Waals surface area contributed by atoms with E-state index in [1.165, 1.54) is 53.6 Å². The molecule has 0 bridgehead atoms. The van der Waals surface area contributed by atoms with Crippen molar-refractivity contribution in [3.8, 4) is 39.5 Å². The molecule has 254 valence electrons. The minimum absolute atomic E-state index is 0.192. The normalized spacial score (nSPS) is 13.5. The molecule has 5 heteroatoms. The van der Waals surface area contributed by atoms with Crippen LogP contribution in [-0.4, -0.2) is 14.5 Å². The molecular weight excluding hydrogens is 679 g/mol. The van der Waals surface area contributed by atoms with Crippen molar-refractivity contribution in [3.63, 3.8) is 0 Å². The number of fused-ring (bicyclic) bond motifs is 11. The van der Waals surface area contributed by atoms with Crippen molar-refractivity contribution in [2.75, 3.05) is 0 Å². The van der Waals surface area contributed by atoms with Gasteiger partial charge in [-0.2, -0.15) is 0 Å². The summed E-state index contributed by atoms with van der Waals surface area (Å²) in [7, 11) is 0. The second-order valence-corrected chi connectivity index (χ2v) is 16.0. The lowest BCUT2D eigenvalue weighted by Gasteiger charge is -2.35. The third kappa shape index (κ3) is 4.02. The maximum Gasteiger partial charge on any atom is 0.160 e. The van der Waals surface area contributed by atoms with Crippen molar-refractivity contribution >= 4 is 75.4 Å². The Bertz CT molecular complexity index is 3380. The molecule has 54 heavy (non-hydrogen) atoms. The van der Waals surface area contributed by atoms with Gasteiger partial charge in [0.15, 0.2) is 5.82 Å². The molecule has 12 rings (SSSR count). The lowest BCUT2D eigenvalue weighted by Crippen LogP contribution is -2.26. The topological polar surface area (TPSA) is 43.9 Å². The number of thiophene rings is 1. The van der Waals surface area contributed by atoms with Crippen LogP contribution in [0.15, 0.2) is 156 Å². The molecule has 11 aromatic rings. The Kier molecular flexibility index (Phi) is 5.96. The summed E-state index contributed by atoms with van der Waals surface area (Å²) in [6.07, 6.45) is 0. The van der Waals surface area contributed by atoms with E-state index < -0.39 is 0 Å². The zero-order valence-corrected chi connectivity index (χ0v) is 30.4. The summed E-state index contributed by atoms with van der Waals surface area (Å²) in [5, 5.41) is 5.83. The number of rotatable bonds is 3. The van der Waals surface area contributed by atoms with E-state index in [0.29, 0.717) is 5.82 Å². The van der Waals surface area contributed by atoms with Gasteiger partial charge in [-0.3, -0.25) is 0 Å². The first-order valence-electron chi connectivity index (χ1n) is 18.4. The molecule has 0 N–H and O–H groups in total. The average Bonchev–Trinajstić information content (AvgIpc) is 3.89. The highest BCUT2D eigenvalue weighted by molar-refractivity contribution is 7.26. The number of furan rings is 1. The minimum atomic E-state index is -0.192. The number of hydrogen-bond acceptors (Lipinski definition) is 4. The number of nitrogens with zero attached hydrogens (tertiary/aromatic N) is 3. The summed E-state index contributed by atoms with van der Waals surface area (Å²) in [5.41, 5.74) is 14.1. The lowest BCUT2D eigenvalue weighted by molar-refractivity contribution is 0.630. The molecule has 0 aliphatic carbocycles. The van der Waals surface area contributed by atoms with Crippen molar-refractivity contribution in [1.82, 2.24) is 14.5 Å². The Morgan fingerprint density at radius 2 is 1.28 bits per heavy atom. The summed E-state index contributed by atoms with van der Waals surface area (Å²) < 4.78 is 11.7. The first-order chi connectivity index (χ1) is 26.5. The third-order valence-corrected chi connectivity index (χ3v) is 12.8. The van der Waals surface area contributed by atoms with Gasteiger partial charge >= 0.3 is 0 Å². The van der Waals surface area contributed by atoms with Gasteiger partial charge in [0.05, 0.1) is 32.6 Å². The second-order valence-electron chi connectivity index (χ2n) is 14.9. The summed E-state index contributed by atoms with van der Waals surface area (Å²) in [6.45, 7) is 4.74. The molecule has 0 spiro atoms. The van der Waals surface area contributed by atoms with Gasteiger partial charge in [-0.25, -0.2) is 9.97 Å². The van der Waals surface area contributed by atoms with Gasteiger partial charge < -0.3 is 8.98 Å². The van der Waals surface area contributed by atoms with E-state index in [4.69, 9.17) is 14.4 Å². The average molecular weight is 710 g/mol. The Balaban J connectivity index is 1.03. The van der Waals surface area contributed by atoms with Gasteiger partial charge in [-0.1, -0.05) is 123 Å². The van der Waals surface area contributed by atoms with E-state index in [0.717, 1.165) is 55.2 Å². The Morgan fingerprint density at radius 1 is 0.556 bits per heavy atom. The highest BCUT2D eigenvalue weighted by Gasteiger charge is 2.36. The number of hydrogen-bond donors (Lipinski definition) is 0. The van der Waals surface area contributed by atoms with Crippen LogP contribution in [0.1, 0.15) is 25.0 Å². The van der Waals surface area contributed by atoms with Crippen molar-refractivity contribution in [3.05, 3.63) is 163 Å². The Labute approximate surface area is 314 Å². The summed E-state index contributed by atoms with van der Waals surface area (Å²) in [5.74, 6) is 0.687. The minimum Gasteiger partial charge on any atom is -0.455 e. The van der Waals surface area contributed by atoms with E-state index in [2.05, 4.69) is 152 Å². The van der Waals surface area contributed by atoms with Crippen LogP contribution in [0, 0.1) is 0 Å². The Morgan fingerprint density at radius 3 is 2.20 bits per heavy atom. The summed E-state index contributed by atoms with van der Waals surface area (Å²) in [4.78, 5) is 10.4. The van der Waals surface area contributed by atoms with Gasteiger partial charge in [-0.15, -0.1) is 11.3 Å². The molecule has 1 aliphatic rings. The fraction of sp³-hybridized carbons (Fsp3) is 0.0612. The smallest absolute Gasteiger partial charge is 0.160 e. The van der Waals surface area contributed by atoms with E-state index in [1.54, 1.807) is 0 Å². The van der Waals surface area contributed by atoms with Crippen LogP contribution in [0.25, 0.3) is 104 Å². The first kappa shape index (κ1) is 30.0. The molecule has 0 unspecified atom stereocenters. The molecule has 1 aliphatic heterocycles. The molecule has 7 aromatic carbocycles. The summed E-state index contributed by atoms with van der Waals surface area (Å²) in [6, 6.07) is 54.2. The maximum atomic E-state index is 6.49. The zero-order chi connectivity index (χ0) is 35.7. The van der Waals surface area contributed by atoms with Crippen molar-refractivity contribution in [2.24, 2.45) is 0 Å². The lowest BCUT2D eigenvalue weighted by atomic mass is 9.74. The zero-order valence-electron chi connectivity index (χ0n) is 29.6. The molecule has 0 radical (unpaired) electrons. The predicted octanol–water partition coefficient (Wildman–Crippen LogP) is 13.5. The molecule has 4 nitrogen and oxygen atoms in total. The van der Waals surface area contributed by atoms with Crippen LogP contribution in [-0.2, 0) is 5.41 Å². The van der Waals surface area contributed by atoms with E-state index in [-0.39, 0.29) is 5.41 Å². The van der Waals surface area contributed by atoms with Crippen LogP contribution in [0.4, 0.5) is 0 Å². The van der Waals surface area contributed by atoms with Crippen LogP contribution >= 0.6 is 11.3 Å². The predicted molar refractivity (Wildman–Crippen MR) is 225 cm³/mol. The monoisotopic (exact) mass is 709 g/mol. The largest absolute Gasteiger partial charge is 0.455 e. The molecule has 0 fully saturated rings. The van der Waals surface area contributed by atoms with E-state index >= 15 is 0 Å². The van der Waals surface area contributed by atoms with E-state index in [1.807, 2.05) is 29.5 Å². The molecule has 5 heterocycles. The fourth-order valence-corrected chi connectivity index (χ4v) is 10.2. The Hall–Kier alpha value is -6.56. The number of aromatic nitrogens is 3. The molecule has 4 aromatic heterocycles. The van der Waals surface area contributed by atoms with Gasteiger partial charge in [0, 0.05) is 48.2 Å². The first-order valence-corrected chi connectivity index (χ1v) is 19.2. The van der Waals surface area contributed by atoms with Crippen molar-refractivity contribution < 1.29 is 4.42 Å². The van der Waals surface area contributed by atoms with Gasteiger partial charge in [0.2, 0.25) is 0 Å². The molecule has 0 saturated carbocycles. The maximum absolute atomic E-state index is 6.49. The van der Waals surface area contributed by atoms with Gasteiger partial charge in [0.1, 0.15) is 11.2 Å². The second kappa shape index (κ2) is 10.8. The summed E-state index contributed by atoms with van der Waals surface area (Å²) >= 11 is 1.90. The number of para-hydroxylation sites is 4. The quantitative estimate of drug-likeness (QED) is 0.183. The van der Waals surface area contributed by atoms with Crippen LogP contribution in [0.5, 0.6) is 0 Å². The molecular formula is C49H31N3OS. The standard InChI is InChI=1S/C49H31N3OS/c1-49(2)37-20-11-19-36-44(37)52(45-34-16-5-8-23-42(34)54-47(36)45)40-25-24-29(27-38(40)49)28-12-9-13-30(26-28)48-50-39-21-6-3-15-33(39)43(51-48)35-18-10-17-32-31-14-4-7-22-41(31)53-46(32)35/h3-27H,1-2H3. The van der Waals surface area contributed by atoms with Crippen molar-refractivity contribution in [2.45, 2.75) is 19.3 Å². The van der Waals surface area contributed by atoms with Gasteiger partial charge in [-0.05, 0) is 64.7 Å². The third-order valence-electron chi connectivity index (χ3n) is 11.6. The highest BCUT2D eigenvalue weighted by Crippen LogP contribution is 2.51. The van der Waals surface area contributed by atoms with Gasteiger partial charge in [0.25, 0.3) is 0 Å². The highest BCUT2D eigenvalue weighted by atomic mass is 32.1. The molecule has 0 amide bonds. The molecule has 0 atom stereocenters. The van der Waals surface area contributed by atoms with Crippen LogP contribution < -0.4 is 0 Å². The van der Waals surface area contributed by atoms with Crippen LogP contribution in [0.2, 0.25) is 0 Å². The fourth-order valence-electron chi connectivity index (χ4n) is 9.00.